The van der Waals surface area contributed by atoms with Crippen LogP contribution in [0.2, 0.25) is 0 Å². The highest BCUT2D eigenvalue weighted by molar-refractivity contribution is 7.90. The SMILES string of the molecule is COc1nccnc1S(=O)(=O)NC(=O)Nc1c2c(cc3c1CCC3CC(C)c1cccc(C(C)C)c1NC(=O)NS(=O)(=O)c1cccnn1)CCC2. The number of ether oxygens (including phenoxy) is 1. The minimum Gasteiger partial charge on any atom is -0.479 e. The summed E-state index contributed by atoms with van der Waals surface area (Å²) in [6.07, 6.45) is 8.52. The molecule has 4 aromatic rings. The molecule has 0 fully saturated rings. The second-order valence-corrected chi connectivity index (χ2v) is 16.4. The number of sulfonamides is 2. The van der Waals surface area contributed by atoms with E-state index in [1.165, 1.54) is 37.8 Å². The van der Waals surface area contributed by atoms with Gasteiger partial charge in [-0.05, 0) is 102 Å². The van der Waals surface area contributed by atoms with Gasteiger partial charge in [0.1, 0.15) is 0 Å². The van der Waals surface area contributed by atoms with Crippen molar-refractivity contribution < 1.29 is 31.2 Å². The predicted octanol–water partition coefficient (Wildman–Crippen LogP) is 5.13. The van der Waals surface area contributed by atoms with Gasteiger partial charge in [-0.2, -0.15) is 21.9 Å². The Morgan fingerprint density at radius 1 is 0.846 bits per heavy atom. The number of benzene rings is 2. The molecule has 52 heavy (non-hydrogen) atoms. The van der Waals surface area contributed by atoms with Crippen LogP contribution in [0.5, 0.6) is 5.88 Å². The van der Waals surface area contributed by atoms with E-state index in [0.717, 1.165) is 59.1 Å². The lowest BCUT2D eigenvalue weighted by atomic mass is 9.83. The van der Waals surface area contributed by atoms with Gasteiger partial charge in [-0.15, -0.1) is 5.10 Å². The molecule has 15 nitrogen and oxygen atoms in total. The molecular weight excluding hydrogens is 709 g/mol. The number of nitrogens with one attached hydrogen (secondary N) is 4. The number of carbonyl (C=O) groups is 2. The van der Waals surface area contributed by atoms with Gasteiger partial charge in [-0.25, -0.2) is 29.0 Å². The molecule has 0 spiro atoms. The van der Waals surface area contributed by atoms with E-state index in [1.54, 1.807) is 0 Å². The highest BCUT2D eigenvalue weighted by Gasteiger charge is 2.33. The highest BCUT2D eigenvalue weighted by atomic mass is 32.2. The molecule has 0 aliphatic heterocycles. The molecule has 274 valence electrons. The Balaban J connectivity index is 1.24. The summed E-state index contributed by atoms with van der Waals surface area (Å²) in [4.78, 5) is 34.1. The number of amides is 4. The summed E-state index contributed by atoms with van der Waals surface area (Å²) in [5, 5.41) is 12.0. The van der Waals surface area contributed by atoms with Gasteiger partial charge in [0, 0.05) is 30.0 Å². The van der Waals surface area contributed by atoms with Crippen molar-refractivity contribution >= 4 is 43.5 Å². The Morgan fingerprint density at radius 2 is 1.56 bits per heavy atom. The first kappa shape index (κ1) is 36.6. The van der Waals surface area contributed by atoms with Gasteiger partial charge in [-0.1, -0.05) is 45.0 Å². The fraction of sp³-hybridized carbons (Fsp3) is 0.371. The molecule has 0 saturated carbocycles. The van der Waals surface area contributed by atoms with Crippen molar-refractivity contribution in [1.29, 1.82) is 0 Å². The summed E-state index contributed by atoms with van der Waals surface area (Å²) in [6, 6.07) is 8.84. The van der Waals surface area contributed by atoms with Gasteiger partial charge in [0.05, 0.1) is 7.11 Å². The summed E-state index contributed by atoms with van der Waals surface area (Å²) >= 11 is 0. The first-order chi connectivity index (χ1) is 24.8. The van der Waals surface area contributed by atoms with E-state index in [2.05, 4.69) is 48.5 Å². The van der Waals surface area contributed by atoms with Crippen molar-refractivity contribution in [2.24, 2.45) is 0 Å². The summed E-state index contributed by atoms with van der Waals surface area (Å²) < 4.78 is 60.9. The lowest BCUT2D eigenvalue weighted by molar-refractivity contribution is 0.255. The number of fused-ring (bicyclic) bond motifs is 2. The molecule has 0 bridgehead atoms. The fourth-order valence-corrected chi connectivity index (χ4v) is 8.95. The number of hydrogen-bond donors (Lipinski definition) is 4. The number of anilines is 2. The first-order valence-electron chi connectivity index (χ1n) is 16.9. The number of methoxy groups -OCH3 is 1. The van der Waals surface area contributed by atoms with Crippen LogP contribution in [0.15, 0.2) is 65.0 Å². The Morgan fingerprint density at radius 3 is 2.27 bits per heavy atom. The van der Waals surface area contributed by atoms with Crippen molar-refractivity contribution in [3.05, 3.63) is 88.4 Å². The van der Waals surface area contributed by atoms with Crippen LogP contribution in [-0.4, -0.2) is 56.2 Å². The van der Waals surface area contributed by atoms with E-state index in [1.807, 2.05) is 36.8 Å². The molecule has 2 atom stereocenters. The van der Waals surface area contributed by atoms with Gasteiger partial charge in [0.25, 0.3) is 25.9 Å². The molecule has 2 aromatic carbocycles. The number of aryl methyl sites for hydroxylation is 1. The van der Waals surface area contributed by atoms with Gasteiger partial charge in [0.2, 0.25) is 5.03 Å². The molecule has 2 aliphatic carbocycles. The molecule has 0 radical (unpaired) electrons. The van der Waals surface area contributed by atoms with Crippen molar-refractivity contribution in [2.75, 3.05) is 17.7 Å². The van der Waals surface area contributed by atoms with E-state index in [0.29, 0.717) is 24.2 Å². The summed E-state index contributed by atoms with van der Waals surface area (Å²) in [5.41, 5.74) is 7.11. The molecule has 4 N–H and O–H groups in total. The van der Waals surface area contributed by atoms with Crippen LogP contribution < -0.4 is 24.8 Å². The molecule has 2 aromatic heterocycles. The van der Waals surface area contributed by atoms with Crippen LogP contribution in [0.1, 0.15) is 91.2 Å². The van der Waals surface area contributed by atoms with Gasteiger partial charge >= 0.3 is 12.1 Å². The van der Waals surface area contributed by atoms with Crippen LogP contribution in [0.4, 0.5) is 21.0 Å². The maximum absolute atomic E-state index is 13.3. The van der Waals surface area contributed by atoms with Crippen LogP contribution in [-0.2, 0) is 39.3 Å². The molecule has 17 heteroatoms. The number of rotatable bonds is 11. The van der Waals surface area contributed by atoms with Crippen LogP contribution in [0, 0.1) is 0 Å². The van der Waals surface area contributed by atoms with Crippen LogP contribution in [0.3, 0.4) is 0 Å². The zero-order chi connectivity index (χ0) is 37.2. The Kier molecular flexibility index (Phi) is 10.4. The van der Waals surface area contributed by atoms with Crippen molar-refractivity contribution in [2.45, 2.75) is 87.1 Å². The lowest BCUT2D eigenvalue weighted by Crippen LogP contribution is -2.35. The zero-order valence-electron chi connectivity index (χ0n) is 29.1. The van der Waals surface area contributed by atoms with E-state index < -0.39 is 37.1 Å². The molecule has 2 heterocycles. The first-order valence-corrected chi connectivity index (χ1v) is 19.9. The number of aromatic nitrogens is 4. The number of para-hydroxylation sites is 1. The van der Waals surface area contributed by atoms with E-state index in [-0.39, 0.29) is 28.7 Å². The Bertz CT molecular complexity index is 2230. The second kappa shape index (κ2) is 14.8. The van der Waals surface area contributed by atoms with Gasteiger partial charge in [0.15, 0.2) is 5.03 Å². The summed E-state index contributed by atoms with van der Waals surface area (Å²) in [5.74, 6) is -0.172. The molecule has 6 rings (SSSR count). The minimum atomic E-state index is -4.39. The average Bonchev–Trinajstić information content (AvgIpc) is 3.75. The standard InChI is InChI=1S/C35H40N8O7S2/c1-20(2)24-9-6-10-25(30(24)39-34(44)42-51(46,47)29-12-7-15-38-41-29)21(3)18-23-13-14-27-28(23)19-22-8-5-11-26(22)31(27)40-35(45)43-52(48,49)33-32(50-4)36-16-17-37-33/h6-7,9-10,12,15-17,19-21,23H,5,8,11,13-14,18H2,1-4H3,(H2,39,42,44)(H2,40,43,45). The smallest absolute Gasteiger partial charge is 0.333 e. The zero-order valence-corrected chi connectivity index (χ0v) is 30.8. The monoisotopic (exact) mass is 748 g/mol. The number of carbonyl (C=O) groups excluding carboxylic acids is 2. The Labute approximate surface area is 302 Å². The van der Waals surface area contributed by atoms with E-state index in [4.69, 9.17) is 4.74 Å². The highest BCUT2D eigenvalue weighted by Crippen LogP contribution is 2.47. The van der Waals surface area contributed by atoms with Gasteiger partial charge in [-0.3, -0.25) is 0 Å². The average molecular weight is 749 g/mol. The van der Waals surface area contributed by atoms with Crippen molar-refractivity contribution in [1.82, 2.24) is 29.6 Å². The number of urea groups is 2. The third kappa shape index (κ3) is 7.55. The number of nitrogens with zero attached hydrogens (tertiary/aromatic N) is 4. The maximum Gasteiger partial charge on any atom is 0.333 e. The van der Waals surface area contributed by atoms with Crippen molar-refractivity contribution in [3.8, 4) is 5.88 Å². The minimum absolute atomic E-state index is 0.0208. The third-order valence-corrected chi connectivity index (χ3v) is 11.9. The lowest BCUT2D eigenvalue weighted by Gasteiger charge is -2.25. The summed E-state index contributed by atoms with van der Waals surface area (Å²) in [6.45, 7) is 6.07. The van der Waals surface area contributed by atoms with E-state index >= 15 is 0 Å². The van der Waals surface area contributed by atoms with Gasteiger partial charge < -0.3 is 15.4 Å². The third-order valence-electron chi connectivity index (χ3n) is 9.48. The Hall–Kier alpha value is -5.16. The number of hydrogen-bond acceptors (Lipinski definition) is 11. The van der Waals surface area contributed by atoms with Crippen molar-refractivity contribution in [3.63, 3.8) is 0 Å². The van der Waals surface area contributed by atoms with Crippen LogP contribution in [0.25, 0.3) is 0 Å². The molecule has 0 saturated heterocycles. The molecule has 2 aliphatic rings. The topological polar surface area (TPSA) is 211 Å². The maximum atomic E-state index is 13.3. The van der Waals surface area contributed by atoms with Crippen LogP contribution >= 0.6 is 0 Å². The molecule has 4 amide bonds. The molecule has 2 unspecified atom stereocenters. The normalized spacial score (nSPS) is 15.8. The molecular formula is C35H40N8O7S2. The second-order valence-electron chi connectivity index (χ2n) is 13.2. The fourth-order valence-electron chi connectivity index (χ4n) is 7.19. The largest absolute Gasteiger partial charge is 0.479 e. The van der Waals surface area contributed by atoms with E-state index in [9.17, 15) is 26.4 Å². The summed E-state index contributed by atoms with van der Waals surface area (Å²) in [7, 11) is -7.38. The predicted molar refractivity (Wildman–Crippen MR) is 192 cm³/mol. The quantitative estimate of drug-likeness (QED) is 0.158.